The lowest BCUT2D eigenvalue weighted by atomic mass is 9.97. The zero-order chi connectivity index (χ0) is 20.0. The Balaban J connectivity index is 1.54. The van der Waals surface area contributed by atoms with E-state index in [-0.39, 0.29) is 11.8 Å². The van der Waals surface area contributed by atoms with Gasteiger partial charge in [0.2, 0.25) is 15.9 Å². The van der Waals surface area contributed by atoms with Crippen LogP contribution in [0.15, 0.2) is 59.5 Å². The van der Waals surface area contributed by atoms with Gasteiger partial charge in [-0.2, -0.15) is 4.31 Å². The molecule has 1 aliphatic heterocycles. The van der Waals surface area contributed by atoms with Gasteiger partial charge in [-0.3, -0.25) is 4.79 Å². The van der Waals surface area contributed by atoms with Gasteiger partial charge in [0.05, 0.1) is 4.90 Å². The highest BCUT2D eigenvalue weighted by Gasteiger charge is 2.31. The zero-order valence-electron chi connectivity index (χ0n) is 16.3. The molecule has 6 heteroatoms. The van der Waals surface area contributed by atoms with Crippen LogP contribution >= 0.6 is 0 Å². The molecule has 5 nitrogen and oxygen atoms in total. The van der Waals surface area contributed by atoms with Crippen molar-refractivity contribution in [2.24, 2.45) is 5.92 Å². The number of amides is 1. The summed E-state index contributed by atoms with van der Waals surface area (Å²) in [6.07, 6.45) is 3.08. The molecule has 0 aliphatic carbocycles. The van der Waals surface area contributed by atoms with E-state index in [9.17, 15) is 13.2 Å². The molecule has 28 heavy (non-hydrogen) atoms. The largest absolute Gasteiger partial charge is 0.352 e. The van der Waals surface area contributed by atoms with Crippen molar-refractivity contribution in [1.29, 1.82) is 0 Å². The molecule has 1 aliphatic rings. The molecule has 0 aromatic heterocycles. The van der Waals surface area contributed by atoms with E-state index < -0.39 is 10.0 Å². The molecular formula is C22H28N2O3S. The normalized spacial score (nSPS) is 16.0. The van der Waals surface area contributed by atoms with Crippen LogP contribution in [0.5, 0.6) is 0 Å². The van der Waals surface area contributed by atoms with Crippen LogP contribution in [0.3, 0.4) is 0 Å². The van der Waals surface area contributed by atoms with Crippen molar-refractivity contribution in [3.63, 3.8) is 0 Å². The van der Waals surface area contributed by atoms with E-state index in [1.165, 1.54) is 4.31 Å². The molecule has 3 rings (SSSR count). The predicted molar refractivity (Wildman–Crippen MR) is 110 cm³/mol. The quantitative estimate of drug-likeness (QED) is 0.775. The second-order valence-electron chi connectivity index (χ2n) is 7.28. The molecule has 1 heterocycles. The van der Waals surface area contributed by atoms with Gasteiger partial charge < -0.3 is 5.32 Å². The molecule has 0 saturated carbocycles. The van der Waals surface area contributed by atoms with Crippen molar-refractivity contribution in [2.75, 3.05) is 13.1 Å². The first-order valence-electron chi connectivity index (χ1n) is 9.91. The first kappa shape index (κ1) is 20.6. The summed E-state index contributed by atoms with van der Waals surface area (Å²) in [6, 6.07) is 16.9. The number of hydrogen-bond donors (Lipinski definition) is 1. The number of rotatable bonds is 7. The smallest absolute Gasteiger partial charge is 0.243 e. The van der Waals surface area contributed by atoms with Gasteiger partial charge in [-0.25, -0.2) is 8.42 Å². The molecule has 2 aromatic carbocycles. The standard InChI is InChI=1S/C22H28N2O3S/c1-2-6-18-9-11-21(12-10-18)28(26,27)24-15-13-20(14-16-24)22(25)23-17-19-7-4-3-5-8-19/h3-5,7-12,20H,2,6,13-17H2,1H3,(H,23,25). The molecule has 0 radical (unpaired) electrons. The van der Waals surface area contributed by atoms with Crippen LogP contribution in [0.4, 0.5) is 0 Å². The number of hydrogen-bond acceptors (Lipinski definition) is 3. The van der Waals surface area contributed by atoms with Crippen molar-refractivity contribution < 1.29 is 13.2 Å². The van der Waals surface area contributed by atoms with Crippen LogP contribution in [-0.4, -0.2) is 31.7 Å². The maximum atomic E-state index is 12.9. The summed E-state index contributed by atoms with van der Waals surface area (Å²) >= 11 is 0. The van der Waals surface area contributed by atoms with Crippen LogP contribution < -0.4 is 5.32 Å². The van der Waals surface area contributed by atoms with E-state index in [0.717, 1.165) is 24.0 Å². The molecule has 1 saturated heterocycles. The highest BCUT2D eigenvalue weighted by Crippen LogP contribution is 2.24. The lowest BCUT2D eigenvalue weighted by Gasteiger charge is -2.30. The number of carbonyl (C=O) groups is 1. The van der Waals surface area contributed by atoms with E-state index in [2.05, 4.69) is 12.2 Å². The van der Waals surface area contributed by atoms with Crippen molar-refractivity contribution in [2.45, 2.75) is 44.0 Å². The Kier molecular flexibility index (Phi) is 6.86. The van der Waals surface area contributed by atoms with Crippen molar-refractivity contribution in [3.05, 3.63) is 65.7 Å². The second kappa shape index (κ2) is 9.34. The van der Waals surface area contributed by atoms with E-state index in [1.54, 1.807) is 12.1 Å². The maximum absolute atomic E-state index is 12.9. The number of piperidine rings is 1. The number of benzene rings is 2. The molecule has 0 bridgehead atoms. The first-order valence-corrected chi connectivity index (χ1v) is 11.4. The van der Waals surface area contributed by atoms with Crippen LogP contribution in [-0.2, 0) is 27.8 Å². The highest BCUT2D eigenvalue weighted by molar-refractivity contribution is 7.89. The third-order valence-corrected chi connectivity index (χ3v) is 7.15. The molecule has 1 N–H and O–H groups in total. The van der Waals surface area contributed by atoms with Gasteiger partial charge in [0.1, 0.15) is 0 Å². The molecule has 0 atom stereocenters. The van der Waals surface area contributed by atoms with Crippen molar-refractivity contribution >= 4 is 15.9 Å². The van der Waals surface area contributed by atoms with Gasteiger partial charge in [-0.15, -0.1) is 0 Å². The molecule has 0 unspecified atom stereocenters. The average molecular weight is 401 g/mol. The molecule has 0 spiro atoms. The van der Waals surface area contributed by atoms with Gasteiger partial charge in [-0.05, 0) is 42.5 Å². The Morgan fingerprint density at radius 1 is 1.00 bits per heavy atom. The fourth-order valence-electron chi connectivity index (χ4n) is 3.55. The fourth-order valence-corrected chi connectivity index (χ4v) is 5.02. The molecule has 150 valence electrons. The molecular weight excluding hydrogens is 372 g/mol. The van der Waals surface area contributed by atoms with Gasteiger partial charge in [0.15, 0.2) is 0 Å². The van der Waals surface area contributed by atoms with Crippen LogP contribution in [0.1, 0.15) is 37.3 Å². The monoisotopic (exact) mass is 400 g/mol. The number of carbonyl (C=O) groups excluding carboxylic acids is 1. The summed E-state index contributed by atoms with van der Waals surface area (Å²) in [6.45, 7) is 3.36. The predicted octanol–water partition coefficient (Wildman–Crippen LogP) is 3.36. The summed E-state index contributed by atoms with van der Waals surface area (Å²) < 4.78 is 27.2. The minimum absolute atomic E-state index is 0.00446. The van der Waals surface area contributed by atoms with E-state index in [4.69, 9.17) is 0 Å². The number of sulfonamides is 1. The number of nitrogens with one attached hydrogen (secondary N) is 1. The lowest BCUT2D eigenvalue weighted by molar-refractivity contribution is -0.126. The van der Waals surface area contributed by atoms with Crippen LogP contribution in [0.2, 0.25) is 0 Å². The zero-order valence-corrected chi connectivity index (χ0v) is 17.1. The maximum Gasteiger partial charge on any atom is 0.243 e. The van der Waals surface area contributed by atoms with Crippen molar-refractivity contribution in [1.82, 2.24) is 9.62 Å². The van der Waals surface area contributed by atoms with E-state index in [1.807, 2.05) is 42.5 Å². The van der Waals surface area contributed by atoms with Crippen molar-refractivity contribution in [3.8, 4) is 0 Å². The lowest BCUT2D eigenvalue weighted by Crippen LogP contribution is -2.42. The SMILES string of the molecule is CCCc1ccc(S(=O)(=O)N2CCC(C(=O)NCc3ccccc3)CC2)cc1. The summed E-state index contributed by atoms with van der Waals surface area (Å²) in [5.74, 6) is -0.132. The van der Waals surface area contributed by atoms with Gasteiger partial charge in [-0.1, -0.05) is 55.8 Å². The van der Waals surface area contributed by atoms with Crippen LogP contribution in [0.25, 0.3) is 0 Å². The Labute approximate surface area is 167 Å². The van der Waals surface area contributed by atoms with Gasteiger partial charge in [0, 0.05) is 25.6 Å². The Hall–Kier alpha value is -2.18. The van der Waals surface area contributed by atoms with E-state index in [0.29, 0.717) is 37.4 Å². The summed E-state index contributed by atoms with van der Waals surface area (Å²) in [4.78, 5) is 12.8. The third-order valence-electron chi connectivity index (χ3n) is 5.23. The van der Waals surface area contributed by atoms with Crippen LogP contribution in [0, 0.1) is 5.92 Å². The number of nitrogens with zero attached hydrogens (tertiary/aromatic N) is 1. The summed E-state index contributed by atoms with van der Waals surface area (Å²) in [5.41, 5.74) is 2.21. The fraction of sp³-hybridized carbons (Fsp3) is 0.409. The third kappa shape index (κ3) is 5.00. The van der Waals surface area contributed by atoms with Gasteiger partial charge in [0.25, 0.3) is 0 Å². The number of aryl methyl sites for hydroxylation is 1. The Morgan fingerprint density at radius 2 is 1.64 bits per heavy atom. The van der Waals surface area contributed by atoms with Gasteiger partial charge >= 0.3 is 0 Å². The Bertz CT molecular complexity index is 872. The summed E-state index contributed by atoms with van der Waals surface area (Å²) in [5, 5.41) is 2.97. The average Bonchev–Trinajstić information content (AvgIpc) is 2.73. The Morgan fingerprint density at radius 3 is 2.25 bits per heavy atom. The molecule has 1 amide bonds. The molecule has 1 fully saturated rings. The molecule has 2 aromatic rings. The minimum atomic E-state index is -3.50. The second-order valence-corrected chi connectivity index (χ2v) is 9.21. The van der Waals surface area contributed by atoms with E-state index >= 15 is 0 Å². The summed E-state index contributed by atoms with van der Waals surface area (Å²) in [7, 11) is -3.50. The minimum Gasteiger partial charge on any atom is -0.352 e. The topological polar surface area (TPSA) is 66.5 Å². The highest BCUT2D eigenvalue weighted by atomic mass is 32.2. The first-order chi connectivity index (χ1) is 13.5.